The molecule has 1 fully saturated rings. The van der Waals surface area contributed by atoms with Crippen LogP contribution in [0.15, 0.2) is 18.2 Å². The summed E-state index contributed by atoms with van der Waals surface area (Å²) in [5.74, 6) is 1.07. The van der Waals surface area contributed by atoms with E-state index >= 15 is 0 Å². The van der Waals surface area contributed by atoms with Crippen LogP contribution in [-0.4, -0.2) is 79.8 Å². The molecule has 0 aliphatic carbocycles. The number of β-amino-alcohol motifs (C(OH)–C–C–N with tert-alkyl or cyclic N) is 1. The van der Waals surface area contributed by atoms with Crippen LogP contribution < -0.4 is 14.8 Å². The van der Waals surface area contributed by atoms with Gasteiger partial charge < -0.3 is 29.7 Å². The Kier molecular flexibility index (Phi) is 7.85. The Morgan fingerprint density at radius 2 is 2.11 bits per heavy atom. The summed E-state index contributed by atoms with van der Waals surface area (Å²) < 4.78 is 16.0. The average molecular weight is 382 g/mol. The lowest BCUT2D eigenvalue weighted by Crippen LogP contribution is -2.59. The van der Waals surface area contributed by atoms with E-state index in [2.05, 4.69) is 10.2 Å². The van der Waals surface area contributed by atoms with Gasteiger partial charge in [0, 0.05) is 40.2 Å². The first-order valence-electron chi connectivity index (χ1n) is 9.04. The number of nitrogens with one attached hydrogen (secondary N) is 1. The minimum Gasteiger partial charge on any atom is -0.493 e. The van der Waals surface area contributed by atoms with Gasteiger partial charge in [-0.1, -0.05) is 6.07 Å². The van der Waals surface area contributed by atoms with Gasteiger partial charge in [-0.3, -0.25) is 9.69 Å². The second-order valence-corrected chi connectivity index (χ2v) is 6.84. The van der Waals surface area contributed by atoms with E-state index in [1.807, 2.05) is 18.2 Å². The van der Waals surface area contributed by atoms with Crippen LogP contribution in [0.4, 0.5) is 0 Å². The molecule has 1 amide bonds. The van der Waals surface area contributed by atoms with Gasteiger partial charge in [0.2, 0.25) is 5.91 Å². The molecular weight excluding hydrogens is 352 g/mol. The van der Waals surface area contributed by atoms with Gasteiger partial charge in [0.15, 0.2) is 11.5 Å². The maximum atomic E-state index is 11.1. The third-order valence-electron chi connectivity index (χ3n) is 4.74. The molecule has 1 aliphatic rings. The van der Waals surface area contributed by atoms with E-state index in [4.69, 9.17) is 14.2 Å². The summed E-state index contributed by atoms with van der Waals surface area (Å²) in [6, 6.07) is 5.72. The topological polar surface area (TPSA) is 100 Å². The van der Waals surface area contributed by atoms with Gasteiger partial charge in [-0.25, -0.2) is 0 Å². The highest BCUT2D eigenvalue weighted by Gasteiger charge is 2.40. The van der Waals surface area contributed by atoms with Crippen LogP contribution in [0.1, 0.15) is 18.9 Å². The zero-order valence-corrected chi connectivity index (χ0v) is 16.2. The number of methoxy groups -OCH3 is 2. The molecule has 1 aromatic rings. The maximum absolute atomic E-state index is 11.1. The zero-order chi connectivity index (χ0) is 19.9. The number of hydrogen-bond donors (Lipinski definition) is 3. The molecule has 0 saturated carbocycles. The Bertz CT molecular complexity index is 626. The number of rotatable bonds is 9. The van der Waals surface area contributed by atoms with E-state index < -0.39 is 11.7 Å². The van der Waals surface area contributed by atoms with Crippen LogP contribution in [0.2, 0.25) is 0 Å². The third kappa shape index (κ3) is 6.07. The predicted molar refractivity (Wildman–Crippen MR) is 99.9 cm³/mol. The number of amides is 1. The van der Waals surface area contributed by atoms with Crippen molar-refractivity contribution in [3.8, 4) is 11.5 Å². The summed E-state index contributed by atoms with van der Waals surface area (Å²) >= 11 is 0. The van der Waals surface area contributed by atoms with Gasteiger partial charge in [-0.15, -0.1) is 0 Å². The van der Waals surface area contributed by atoms with Gasteiger partial charge in [-0.2, -0.15) is 0 Å². The molecule has 3 N–H and O–H groups in total. The van der Waals surface area contributed by atoms with E-state index in [9.17, 15) is 15.0 Å². The van der Waals surface area contributed by atoms with Crippen LogP contribution in [0.5, 0.6) is 11.5 Å². The highest BCUT2D eigenvalue weighted by atomic mass is 16.5. The van der Waals surface area contributed by atoms with Gasteiger partial charge in [0.05, 0.1) is 19.8 Å². The van der Waals surface area contributed by atoms with Crippen LogP contribution in [-0.2, 0) is 16.1 Å². The van der Waals surface area contributed by atoms with Crippen molar-refractivity contribution in [2.45, 2.75) is 31.6 Å². The molecule has 0 aromatic heterocycles. The first kappa shape index (κ1) is 21.4. The second kappa shape index (κ2) is 9.89. The molecule has 8 nitrogen and oxygen atoms in total. The summed E-state index contributed by atoms with van der Waals surface area (Å²) in [4.78, 5) is 13.1. The number of likely N-dealkylation sites (tertiary alicyclic amines) is 1. The molecule has 0 bridgehead atoms. The molecule has 8 heteroatoms. The normalized spacial score (nSPS) is 23.1. The van der Waals surface area contributed by atoms with Crippen molar-refractivity contribution < 1.29 is 29.2 Å². The van der Waals surface area contributed by atoms with Crippen molar-refractivity contribution in [1.82, 2.24) is 10.2 Å². The standard InChI is InChI=1S/C19H30N2O6/c1-14(22)20-13-19(24)6-7-21(12-18(19)23)11-15-4-5-16(26-3)17(10-15)27-9-8-25-2/h4-5,10,18,23-24H,6-9,11-13H2,1-3H3,(H,20,22)/t18-,19-/m1/s1. The van der Waals surface area contributed by atoms with Crippen LogP contribution in [0.25, 0.3) is 0 Å². The summed E-state index contributed by atoms with van der Waals surface area (Å²) in [6.45, 7) is 3.89. The Morgan fingerprint density at radius 3 is 2.74 bits per heavy atom. The minimum atomic E-state index is -1.30. The number of piperidine rings is 1. The summed E-state index contributed by atoms with van der Waals surface area (Å²) in [7, 11) is 3.21. The SMILES string of the molecule is COCCOc1cc(CN2CC[C@@](O)(CNC(C)=O)[C@H](O)C2)ccc1OC. The number of nitrogens with zero attached hydrogens (tertiary/aromatic N) is 1. The molecule has 2 rings (SSSR count). The Balaban J connectivity index is 1.97. The van der Waals surface area contributed by atoms with Crippen LogP contribution >= 0.6 is 0 Å². The van der Waals surface area contributed by atoms with Crippen molar-refractivity contribution in [1.29, 1.82) is 0 Å². The van der Waals surface area contributed by atoms with Gasteiger partial charge in [-0.05, 0) is 24.1 Å². The second-order valence-electron chi connectivity index (χ2n) is 6.84. The fraction of sp³-hybridized carbons (Fsp3) is 0.632. The molecular formula is C19H30N2O6. The minimum absolute atomic E-state index is 0.0529. The fourth-order valence-corrected chi connectivity index (χ4v) is 3.08. The number of ether oxygens (including phenoxy) is 3. The van der Waals surface area contributed by atoms with Gasteiger partial charge in [0.1, 0.15) is 12.2 Å². The molecule has 2 atom stereocenters. The molecule has 0 radical (unpaired) electrons. The van der Waals surface area contributed by atoms with Crippen molar-refractivity contribution in [3.05, 3.63) is 23.8 Å². The highest BCUT2D eigenvalue weighted by Crippen LogP contribution is 2.30. The molecule has 27 heavy (non-hydrogen) atoms. The number of benzene rings is 1. The lowest BCUT2D eigenvalue weighted by atomic mass is 9.88. The van der Waals surface area contributed by atoms with E-state index in [1.165, 1.54) is 6.92 Å². The van der Waals surface area contributed by atoms with Crippen molar-refractivity contribution in [2.75, 3.05) is 47.1 Å². The third-order valence-corrected chi connectivity index (χ3v) is 4.74. The van der Waals surface area contributed by atoms with E-state index in [0.717, 1.165) is 5.56 Å². The van der Waals surface area contributed by atoms with Crippen LogP contribution in [0, 0.1) is 0 Å². The number of carbonyl (C=O) groups excluding carboxylic acids is 1. The fourth-order valence-electron chi connectivity index (χ4n) is 3.08. The predicted octanol–water partition coefficient (Wildman–Crippen LogP) is 0.154. The van der Waals surface area contributed by atoms with E-state index in [1.54, 1.807) is 14.2 Å². The molecule has 1 aliphatic heterocycles. The lowest BCUT2D eigenvalue weighted by molar-refractivity contribution is -0.130. The Morgan fingerprint density at radius 1 is 1.33 bits per heavy atom. The van der Waals surface area contributed by atoms with Gasteiger partial charge >= 0.3 is 0 Å². The monoisotopic (exact) mass is 382 g/mol. The molecule has 0 spiro atoms. The van der Waals surface area contributed by atoms with Crippen LogP contribution in [0.3, 0.4) is 0 Å². The summed E-state index contributed by atoms with van der Waals surface area (Å²) in [5, 5.41) is 23.5. The number of aliphatic hydroxyl groups excluding tert-OH is 1. The van der Waals surface area contributed by atoms with Gasteiger partial charge in [0.25, 0.3) is 0 Å². The highest BCUT2D eigenvalue weighted by molar-refractivity contribution is 5.72. The number of carbonyl (C=O) groups is 1. The zero-order valence-electron chi connectivity index (χ0n) is 16.2. The van der Waals surface area contributed by atoms with E-state index in [0.29, 0.717) is 50.8 Å². The Labute approximate surface area is 160 Å². The maximum Gasteiger partial charge on any atom is 0.216 e. The summed E-state index contributed by atoms with van der Waals surface area (Å²) in [5.41, 5.74) is -0.279. The smallest absolute Gasteiger partial charge is 0.216 e. The quantitative estimate of drug-likeness (QED) is 0.523. The molecule has 1 aromatic carbocycles. The Hall–Kier alpha value is -1.87. The molecule has 1 heterocycles. The first-order chi connectivity index (χ1) is 12.9. The lowest BCUT2D eigenvalue weighted by Gasteiger charge is -2.42. The molecule has 152 valence electrons. The van der Waals surface area contributed by atoms with Crippen molar-refractivity contribution in [2.24, 2.45) is 0 Å². The molecule has 1 saturated heterocycles. The van der Waals surface area contributed by atoms with Crippen molar-refractivity contribution in [3.63, 3.8) is 0 Å². The average Bonchev–Trinajstić information content (AvgIpc) is 2.64. The number of hydrogen-bond acceptors (Lipinski definition) is 7. The van der Waals surface area contributed by atoms with E-state index in [-0.39, 0.29) is 12.5 Å². The summed E-state index contributed by atoms with van der Waals surface area (Å²) in [6.07, 6.45) is -0.560. The largest absolute Gasteiger partial charge is 0.493 e. The molecule has 0 unspecified atom stereocenters. The van der Waals surface area contributed by atoms with Crippen molar-refractivity contribution >= 4 is 5.91 Å². The number of aliphatic hydroxyl groups is 2. The first-order valence-corrected chi connectivity index (χ1v) is 9.04.